The minimum Gasteiger partial charge on any atom is -0.504 e. The largest absolute Gasteiger partial charge is 0.504 e. The summed E-state index contributed by atoms with van der Waals surface area (Å²) in [5, 5.41) is 98.3. The van der Waals surface area contributed by atoms with E-state index in [1.54, 1.807) is 36.4 Å². The van der Waals surface area contributed by atoms with Crippen LogP contribution in [0.25, 0.3) is 109 Å². The van der Waals surface area contributed by atoms with Gasteiger partial charge in [-0.3, -0.25) is 0 Å². The Hall–Kier alpha value is -8.30. The maximum absolute atomic E-state index is 11.9. The highest BCUT2D eigenvalue weighted by atomic mass is 16.4. The molecule has 0 bridgehead atoms. The first-order valence-corrected chi connectivity index (χ1v) is 18.7. The number of furan rings is 1. The topological polar surface area (TPSA) is 175 Å². The molecule has 11 rings (SSSR count). The normalized spacial score (nSPS) is 11.9. The number of phenols is 8. The highest BCUT2D eigenvalue weighted by molar-refractivity contribution is 6.29. The van der Waals surface area contributed by atoms with Crippen molar-refractivity contribution < 1.29 is 45.3 Å². The van der Waals surface area contributed by atoms with E-state index in [1.807, 2.05) is 84.9 Å². The molecule has 8 N–H and O–H groups in total. The molecule has 1 aromatic heterocycles. The molecule has 0 fully saturated rings. The van der Waals surface area contributed by atoms with Crippen LogP contribution in [0.4, 0.5) is 0 Å². The average Bonchev–Trinajstić information content (AvgIpc) is 3.63. The standard InChI is InChI=1S/C50H30O9/c51-43-39-37(27-12-7-11-25(18-27)32-20-26-10-3-4-13-29(26)30-14-5-6-15-31(30)32)40-42(46(54)50(58)48(56)44(40)52)38(41(39)45(53)49(57)47(43)55)28-16-17-35-33(21-28)34-19-23-8-1-2-9-24(23)22-36(34)59-35/h1-22,51-58H. The molecular weight excluding hydrogens is 745 g/mol. The molecular formula is C50H30O9. The van der Waals surface area contributed by atoms with E-state index >= 15 is 0 Å². The van der Waals surface area contributed by atoms with E-state index in [9.17, 15) is 40.9 Å². The summed E-state index contributed by atoms with van der Waals surface area (Å²) in [5.41, 5.74) is 3.25. The maximum Gasteiger partial charge on any atom is 0.204 e. The van der Waals surface area contributed by atoms with Crippen LogP contribution in [0.15, 0.2) is 138 Å². The first kappa shape index (κ1) is 34.0. The van der Waals surface area contributed by atoms with Gasteiger partial charge in [0.05, 0.1) is 0 Å². The van der Waals surface area contributed by atoms with E-state index in [0.717, 1.165) is 48.8 Å². The lowest BCUT2D eigenvalue weighted by atomic mass is 9.82. The molecule has 0 aliphatic heterocycles. The minimum atomic E-state index is -1.04. The van der Waals surface area contributed by atoms with Crippen molar-refractivity contribution in [3.8, 4) is 79.4 Å². The SMILES string of the molecule is Oc1c(O)c(O)c2c(-c3ccc4oc5cc6ccccc6cc5c4c3)c3c(O)c(O)c(O)c(O)c3c(-c3cccc(-c4cc5ccccc5c5ccccc45)c3)c2c1O. The molecule has 9 heteroatoms. The van der Waals surface area contributed by atoms with Crippen molar-refractivity contribution in [1.82, 2.24) is 0 Å². The number of hydrogen-bond donors (Lipinski definition) is 8. The van der Waals surface area contributed by atoms with E-state index in [-0.39, 0.29) is 32.7 Å². The van der Waals surface area contributed by atoms with Crippen LogP contribution in [0.2, 0.25) is 0 Å². The summed E-state index contributed by atoms with van der Waals surface area (Å²) in [5.74, 6) is -7.52. The number of benzene rings is 10. The van der Waals surface area contributed by atoms with Gasteiger partial charge in [0.2, 0.25) is 23.0 Å². The van der Waals surface area contributed by atoms with Crippen molar-refractivity contribution in [2.24, 2.45) is 0 Å². The van der Waals surface area contributed by atoms with Crippen molar-refractivity contribution in [2.75, 3.05) is 0 Å². The lowest BCUT2D eigenvalue weighted by Gasteiger charge is -2.23. The van der Waals surface area contributed by atoms with Gasteiger partial charge in [0.1, 0.15) is 11.2 Å². The molecule has 1 heterocycles. The fourth-order valence-electron chi connectivity index (χ4n) is 8.95. The molecule has 9 nitrogen and oxygen atoms in total. The van der Waals surface area contributed by atoms with E-state index in [1.165, 1.54) is 0 Å². The third-order valence-electron chi connectivity index (χ3n) is 11.6. The fraction of sp³-hybridized carbons (Fsp3) is 0. The monoisotopic (exact) mass is 774 g/mol. The number of phenolic OH excluding ortho intramolecular Hbond substituents is 8. The van der Waals surface area contributed by atoms with Gasteiger partial charge >= 0.3 is 0 Å². The molecule has 0 saturated heterocycles. The van der Waals surface area contributed by atoms with Crippen molar-refractivity contribution in [3.05, 3.63) is 133 Å². The van der Waals surface area contributed by atoms with Crippen LogP contribution in [-0.4, -0.2) is 40.9 Å². The first-order chi connectivity index (χ1) is 28.6. The summed E-state index contributed by atoms with van der Waals surface area (Å²) in [6.45, 7) is 0. The molecule has 11 aromatic rings. The molecule has 0 aliphatic carbocycles. The first-order valence-electron chi connectivity index (χ1n) is 18.7. The van der Waals surface area contributed by atoms with Gasteiger partial charge in [0.25, 0.3) is 0 Å². The Bertz CT molecular complexity index is 3580. The van der Waals surface area contributed by atoms with E-state index < -0.39 is 46.0 Å². The zero-order valence-corrected chi connectivity index (χ0v) is 30.7. The number of rotatable bonds is 3. The Labute approximate surface area is 333 Å². The van der Waals surface area contributed by atoms with Gasteiger partial charge in [0, 0.05) is 43.4 Å². The summed E-state index contributed by atoms with van der Waals surface area (Å²) < 4.78 is 6.23. The Kier molecular flexibility index (Phi) is 6.97. The van der Waals surface area contributed by atoms with Gasteiger partial charge in [-0.25, -0.2) is 0 Å². The Morgan fingerprint density at radius 3 is 1.37 bits per heavy atom. The van der Waals surface area contributed by atoms with E-state index in [2.05, 4.69) is 12.1 Å². The third-order valence-corrected chi connectivity index (χ3v) is 11.6. The van der Waals surface area contributed by atoms with Gasteiger partial charge in [-0.1, -0.05) is 97.1 Å². The number of hydrogen-bond acceptors (Lipinski definition) is 9. The molecule has 0 aliphatic rings. The van der Waals surface area contributed by atoms with Crippen LogP contribution < -0.4 is 0 Å². The Balaban J connectivity index is 1.28. The summed E-state index contributed by atoms with van der Waals surface area (Å²) in [6.07, 6.45) is 0. The highest BCUT2D eigenvalue weighted by Gasteiger charge is 2.32. The highest BCUT2D eigenvalue weighted by Crippen LogP contribution is 2.62. The molecule has 0 atom stereocenters. The Morgan fingerprint density at radius 1 is 0.288 bits per heavy atom. The zero-order valence-electron chi connectivity index (χ0n) is 30.7. The number of fused-ring (bicyclic) bond motifs is 9. The van der Waals surface area contributed by atoms with Crippen molar-refractivity contribution in [1.29, 1.82) is 0 Å². The molecule has 0 saturated carbocycles. The average molecular weight is 775 g/mol. The predicted molar refractivity (Wildman–Crippen MR) is 231 cm³/mol. The van der Waals surface area contributed by atoms with Crippen LogP contribution in [0, 0.1) is 0 Å². The lowest BCUT2D eigenvalue weighted by molar-refractivity contribution is 0.350. The molecule has 0 unspecified atom stereocenters. The second kappa shape index (κ2) is 12.1. The van der Waals surface area contributed by atoms with E-state index in [4.69, 9.17) is 4.42 Å². The second-order valence-electron chi connectivity index (χ2n) is 14.8. The molecule has 0 radical (unpaired) electrons. The van der Waals surface area contributed by atoms with Crippen LogP contribution in [0.1, 0.15) is 0 Å². The summed E-state index contributed by atoms with van der Waals surface area (Å²) in [7, 11) is 0. The van der Waals surface area contributed by atoms with Crippen molar-refractivity contribution >= 4 is 75.8 Å². The van der Waals surface area contributed by atoms with E-state index in [0.29, 0.717) is 27.7 Å². The smallest absolute Gasteiger partial charge is 0.204 e. The quantitative estimate of drug-likeness (QED) is 0.0376. The second-order valence-corrected chi connectivity index (χ2v) is 14.8. The molecule has 0 spiro atoms. The maximum atomic E-state index is 11.9. The van der Waals surface area contributed by atoms with Crippen LogP contribution in [0.3, 0.4) is 0 Å². The number of aromatic hydroxyl groups is 8. The molecule has 10 aromatic carbocycles. The van der Waals surface area contributed by atoms with Crippen molar-refractivity contribution in [3.63, 3.8) is 0 Å². The van der Waals surface area contributed by atoms with Gasteiger partial charge in [-0.05, 0) is 91.0 Å². The van der Waals surface area contributed by atoms with Gasteiger partial charge < -0.3 is 45.3 Å². The van der Waals surface area contributed by atoms with Crippen LogP contribution >= 0.6 is 0 Å². The zero-order chi connectivity index (χ0) is 40.4. The van der Waals surface area contributed by atoms with Gasteiger partial charge in [-0.2, -0.15) is 0 Å². The van der Waals surface area contributed by atoms with Gasteiger partial charge in [-0.15, -0.1) is 0 Å². The summed E-state index contributed by atoms with van der Waals surface area (Å²) in [4.78, 5) is 0. The summed E-state index contributed by atoms with van der Waals surface area (Å²) in [6, 6.07) is 41.9. The third kappa shape index (κ3) is 4.66. The Morgan fingerprint density at radius 2 is 0.763 bits per heavy atom. The van der Waals surface area contributed by atoms with Gasteiger partial charge in [0.15, 0.2) is 23.0 Å². The van der Waals surface area contributed by atoms with Crippen LogP contribution in [0.5, 0.6) is 46.0 Å². The molecule has 284 valence electrons. The summed E-state index contributed by atoms with van der Waals surface area (Å²) >= 11 is 0. The van der Waals surface area contributed by atoms with Crippen LogP contribution in [-0.2, 0) is 0 Å². The lowest BCUT2D eigenvalue weighted by Crippen LogP contribution is -1.95. The minimum absolute atomic E-state index is 0.0294. The fourth-order valence-corrected chi connectivity index (χ4v) is 8.95. The molecule has 59 heavy (non-hydrogen) atoms. The molecule has 0 amide bonds. The van der Waals surface area contributed by atoms with Crippen molar-refractivity contribution in [2.45, 2.75) is 0 Å². The predicted octanol–water partition coefficient (Wildman–Crippen LogP) is 12.0.